The van der Waals surface area contributed by atoms with Gasteiger partial charge >= 0.3 is 17.9 Å². The molecule has 0 aliphatic carbocycles. The highest BCUT2D eigenvalue weighted by Gasteiger charge is 2.24. The molecular formula is C53H100N2O8. The van der Waals surface area contributed by atoms with Gasteiger partial charge in [-0.25, -0.2) is 4.79 Å². The van der Waals surface area contributed by atoms with Crippen LogP contribution in [0.3, 0.4) is 0 Å². The molecule has 63 heavy (non-hydrogen) atoms. The van der Waals surface area contributed by atoms with Gasteiger partial charge in [0.2, 0.25) is 11.8 Å². The highest BCUT2D eigenvalue weighted by atomic mass is 16.5. The lowest BCUT2D eigenvalue weighted by molar-refractivity contribution is -0.149. The first-order chi connectivity index (χ1) is 30.8. The number of aliphatic carboxylic acids is 1. The molecule has 0 aromatic heterocycles. The molecule has 0 aliphatic rings. The van der Waals surface area contributed by atoms with Gasteiger partial charge in [-0.05, 0) is 32.1 Å². The van der Waals surface area contributed by atoms with Gasteiger partial charge in [-0.1, -0.05) is 226 Å². The molecule has 0 aliphatic heterocycles. The molecule has 0 radical (unpaired) electrons. The second kappa shape index (κ2) is 48.8. The van der Waals surface area contributed by atoms with E-state index in [0.29, 0.717) is 13.2 Å². The third-order valence-corrected chi connectivity index (χ3v) is 12.2. The summed E-state index contributed by atoms with van der Waals surface area (Å²) in [5, 5.41) is 14.3. The number of ether oxygens (including phenoxy) is 2. The maximum Gasteiger partial charge on any atom is 0.328 e. The van der Waals surface area contributed by atoms with Gasteiger partial charge in [0.15, 0.2) is 0 Å². The molecule has 0 bridgehead atoms. The standard InChI is InChI=1S/C53H100N2O8/c1-3-5-7-9-11-13-15-17-19-21-26-30-34-38-46-62-52(60)44-41-48(53(61)63-47-39-35-31-27-22-20-18-16-14-12-10-8-6-4-2)55-50(57)43-42-49(56)54-45-37-33-29-25-23-24-28-32-36-40-51(58)59/h48H,3-47H2,1-2H3,(H,54,56)(H,55,57)(H,58,59). The fraction of sp³-hybridized carbons (Fsp3) is 0.906. The predicted molar refractivity (Wildman–Crippen MR) is 260 cm³/mol. The van der Waals surface area contributed by atoms with Gasteiger partial charge in [0.1, 0.15) is 6.04 Å². The van der Waals surface area contributed by atoms with Crippen molar-refractivity contribution in [1.29, 1.82) is 0 Å². The largest absolute Gasteiger partial charge is 0.481 e. The molecule has 0 aromatic rings. The molecule has 1 unspecified atom stereocenters. The highest BCUT2D eigenvalue weighted by Crippen LogP contribution is 2.16. The summed E-state index contributed by atoms with van der Waals surface area (Å²) < 4.78 is 11.1. The first kappa shape index (κ1) is 60.4. The van der Waals surface area contributed by atoms with E-state index >= 15 is 0 Å². The molecule has 0 saturated carbocycles. The Labute approximate surface area is 387 Å². The second-order valence-electron chi connectivity index (χ2n) is 18.4. The normalized spacial score (nSPS) is 11.7. The van der Waals surface area contributed by atoms with Gasteiger partial charge in [0.25, 0.3) is 0 Å². The third kappa shape index (κ3) is 47.1. The van der Waals surface area contributed by atoms with Crippen molar-refractivity contribution in [2.75, 3.05) is 19.8 Å². The maximum absolute atomic E-state index is 13.1. The maximum atomic E-state index is 13.1. The minimum atomic E-state index is -0.967. The Bertz CT molecular complexity index is 1070. The Morgan fingerprint density at radius 3 is 1.16 bits per heavy atom. The Kier molecular flexibility index (Phi) is 46.7. The molecule has 1 atom stereocenters. The minimum absolute atomic E-state index is 0.00475. The van der Waals surface area contributed by atoms with Gasteiger partial charge in [0.05, 0.1) is 13.2 Å². The van der Waals surface area contributed by atoms with Crippen LogP contribution in [0.5, 0.6) is 0 Å². The number of carboxylic acid groups (broad SMARTS) is 1. The van der Waals surface area contributed by atoms with Gasteiger partial charge < -0.3 is 25.2 Å². The average molecular weight is 893 g/mol. The van der Waals surface area contributed by atoms with Crippen molar-refractivity contribution in [2.24, 2.45) is 0 Å². The van der Waals surface area contributed by atoms with Crippen LogP contribution >= 0.6 is 0 Å². The van der Waals surface area contributed by atoms with Gasteiger partial charge in [-0.2, -0.15) is 0 Å². The van der Waals surface area contributed by atoms with E-state index in [1.807, 2.05) is 0 Å². The molecule has 0 rings (SSSR count). The smallest absolute Gasteiger partial charge is 0.328 e. The van der Waals surface area contributed by atoms with E-state index in [1.54, 1.807) is 0 Å². The molecule has 0 saturated heterocycles. The van der Waals surface area contributed by atoms with Crippen LogP contribution in [0.4, 0.5) is 0 Å². The van der Waals surface area contributed by atoms with Gasteiger partial charge in [-0.15, -0.1) is 0 Å². The number of hydrogen-bond donors (Lipinski definition) is 3. The molecule has 3 N–H and O–H groups in total. The molecule has 0 heterocycles. The summed E-state index contributed by atoms with van der Waals surface area (Å²) in [6.07, 6.45) is 44.6. The number of unbranched alkanes of at least 4 members (excludes halogenated alkanes) is 34. The number of hydrogen-bond acceptors (Lipinski definition) is 7. The lowest BCUT2D eigenvalue weighted by atomic mass is 10.0. The number of carbonyl (C=O) groups is 5. The lowest BCUT2D eigenvalue weighted by Gasteiger charge is -2.17. The quantitative estimate of drug-likeness (QED) is 0.0404. The van der Waals surface area contributed by atoms with E-state index in [-0.39, 0.29) is 50.6 Å². The summed E-state index contributed by atoms with van der Waals surface area (Å²) in [6, 6.07) is -0.967. The molecule has 10 heteroatoms. The number of carbonyl (C=O) groups excluding carboxylic acids is 4. The molecule has 2 amide bonds. The SMILES string of the molecule is CCCCCCCCCCCCCCCCOC(=O)CCC(NC(=O)CCC(=O)NCCCCCCCCCCCC(=O)O)C(=O)OCCCCCCCCCCCCCCCC. The molecule has 10 nitrogen and oxygen atoms in total. The van der Waals surface area contributed by atoms with Crippen molar-refractivity contribution >= 4 is 29.7 Å². The summed E-state index contributed by atoms with van der Waals surface area (Å²) in [7, 11) is 0. The minimum Gasteiger partial charge on any atom is -0.481 e. The monoisotopic (exact) mass is 893 g/mol. The van der Waals surface area contributed by atoms with Gasteiger partial charge in [0, 0.05) is 32.2 Å². The van der Waals surface area contributed by atoms with Crippen LogP contribution in [0.25, 0.3) is 0 Å². The molecule has 0 spiro atoms. The summed E-state index contributed by atoms with van der Waals surface area (Å²) in [5.74, 6) is -2.26. The van der Waals surface area contributed by atoms with Crippen molar-refractivity contribution in [3.63, 3.8) is 0 Å². The van der Waals surface area contributed by atoms with E-state index in [2.05, 4.69) is 24.5 Å². The Morgan fingerprint density at radius 2 is 0.746 bits per heavy atom. The van der Waals surface area contributed by atoms with Crippen LogP contribution in [0.1, 0.15) is 284 Å². The topological polar surface area (TPSA) is 148 Å². The molecular weight excluding hydrogens is 793 g/mol. The van der Waals surface area contributed by atoms with E-state index in [4.69, 9.17) is 14.6 Å². The first-order valence-electron chi connectivity index (χ1n) is 26.9. The van der Waals surface area contributed by atoms with E-state index < -0.39 is 23.9 Å². The van der Waals surface area contributed by atoms with Crippen LogP contribution in [0.2, 0.25) is 0 Å². The fourth-order valence-corrected chi connectivity index (χ4v) is 8.08. The second-order valence-corrected chi connectivity index (χ2v) is 18.4. The number of amides is 2. The van der Waals surface area contributed by atoms with E-state index in [0.717, 1.165) is 96.3 Å². The van der Waals surface area contributed by atoms with Crippen LogP contribution < -0.4 is 10.6 Å². The zero-order valence-corrected chi connectivity index (χ0v) is 41.2. The number of carboxylic acids is 1. The van der Waals surface area contributed by atoms with Crippen molar-refractivity contribution in [1.82, 2.24) is 10.6 Å². The molecule has 370 valence electrons. The zero-order chi connectivity index (χ0) is 46.1. The summed E-state index contributed by atoms with van der Waals surface area (Å²) in [5.41, 5.74) is 0. The predicted octanol–water partition coefficient (Wildman–Crippen LogP) is 14.2. The Morgan fingerprint density at radius 1 is 0.397 bits per heavy atom. The zero-order valence-electron chi connectivity index (χ0n) is 41.2. The number of nitrogens with one attached hydrogen (secondary N) is 2. The number of rotatable bonds is 50. The molecule has 0 fully saturated rings. The van der Waals surface area contributed by atoms with Crippen molar-refractivity contribution in [3.8, 4) is 0 Å². The highest BCUT2D eigenvalue weighted by molar-refractivity contribution is 5.87. The fourth-order valence-electron chi connectivity index (χ4n) is 8.08. The van der Waals surface area contributed by atoms with Crippen LogP contribution in [-0.4, -0.2) is 60.6 Å². The summed E-state index contributed by atoms with van der Waals surface area (Å²) in [4.78, 5) is 61.7. The van der Waals surface area contributed by atoms with Crippen LogP contribution in [0.15, 0.2) is 0 Å². The first-order valence-corrected chi connectivity index (χ1v) is 26.9. The average Bonchev–Trinajstić information content (AvgIpc) is 3.27. The Hall–Kier alpha value is -2.65. The number of esters is 2. The Balaban J connectivity index is 4.42. The molecule has 0 aromatic carbocycles. The van der Waals surface area contributed by atoms with Crippen molar-refractivity contribution in [3.05, 3.63) is 0 Å². The third-order valence-electron chi connectivity index (χ3n) is 12.2. The van der Waals surface area contributed by atoms with Crippen molar-refractivity contribution < 1.29 is 38.6 Å². The lowest BCUT2D eigenvalue weighted by Crippen LogP contribution is -2.42. The van der Waals surface area contributed by atoms with Crippen LogP contribution in [-0.2, 0) is 33.4 Å². The van der Waals surface area contributed by atoms with Crippen LogP contribution in [0, 0.1) is 0 Å². The summed E-state index contributed by atoms with van der Waals surface area (Å²) in [6.45, 7) is 5.73. The van der Waals surface area contributed by atoms with E-state index in [1.165, 1.54) is 141 Å². The van der Waals surface area contributed by atoms with Gasteiger partial charge in [-0.3, -0.25) is 19.2 Å². The summed E-state index contributed by atoms with van der Waals surface area (Å²) >= 11 is 0. The van der Waals surface area contributed by atoms with Crippen molar-refractivity contribution in [2.45, 2.75) is 290 Å². The van der Waals surface area contributed by atoms with E-state index in [9.17, 15) is 24.0 Å².